The zero-order valence-corrected chi connectivity index (χ0v) is 12.9. The fourth-order valence-electron chi connectivity index (χ4n) is 2.72. The predicted octanol–water partition coefficient (Wildman–Crippen LogP) is 2.47. The topological polar surface area (TPSA) is 60.8 Å². The molecular weight excluding hydrogens is 254 g/mol. The van der Waals surface area contributed by atoms with Gasteiger partial charge in [0.1, 0.15) is 0 Å². The minimum atomic E-state index is -0.762. The van der Waals surface area contributed by atoms with Crippen LogP contribution in [0, 0.1) is 0 Å². The van der Waals surface area contributed by atoms with Crippen molar-refractivity contribution in [2.45, 2.75) is 83.3 Å². The van der Waals surface area contributed by atoms with Crippen molar-refractivity contribution in [2.75, 3.05) is 13.1 Å². The first kappa shape index (κ1) is 17.4. The summed E-state index contributed by atoms with van der Waals surface area (Å²) in [5.74, 6) is 0.0727. The number of amides is 1. The van der Waals surface area contributed by atoms with E-state index in [9.17, 15) is 15.0 Å². The van der Waals surface area contributed by atoms with Gasteiger partial charge in [0.2, 0.25) is 5.91 Å². The zero-order chi connectivity index (χ0) is 14.8. The second kappa shape index (κ2) is 10.2. The van der Waals surface area contributed by atoms with E-state index in [0.29, 0.717) is 6.42 Å². The van der Waals surface area contributed by atoms with E-state index in [4.69, 9.17) is 0 Å². The number of carbonyl (C=O) groups is 1. The van der Waals surface area contributed by atoms with Crippen LogP contribution in [0.3, 0.4) is 0 Å². The van der Waals surface area contributed by atoms with Crippen molar-refractivity contribution in [3.63, 3.8) is 0 Å². The van der Waals surface area contributed by atoms with E-state index in [2.05, 4.69) is 6.92 Å². The van der Waals surface area contributed by atoms with Crippen LogP contribution in [0.25, 0.3) is 0 Å². The van der Waals surface area contributed by atoms with E-state index in [1.807, 2.05) is 0 Å². The van der Waals surface area contributed by atoms with Crippen LogP contribution in [-0.4, -0.2) is 46.3 Å². The van der Waals surface area contributed by atoms with Gasteiger partial charge in [-0.2, -0.15) is 0 Å². The Balaban J connectivity index is 1.92. The predicted molar refractivity (Wildman–Crippen MR) is 80.4 cm³/mol. The molecule has 0 radical (unpaired) electrons. The Hall–Kier alpha value is -0.610. The summed E-state index contributed by atoms with van der Waals surface area (Å²) in [6.45, 7) is 2.81. The normalized spacial score (nSPS) is 22.4. The number of aliphatic hydroxyl groups excluding tert-OH is 2. The average molecular weight is 285 g/mol. The Bertz CT molecular complexity index is 260. The summed E-state index contributed by atoms with van der Waals surface area (Å²) in [6, 6.07) is 0. The molecule has 4 heteroatoms. The molecule has 0 saturated carbocycles. The van der Waals surface area contributed by atoms with Gasteiger partial charge in [0, 0.05) is 19.5 Å². The van der Waals surface area contributed by atoms with Gasteiger partial charge >= 0.3 is 0 Å². The standard InChI is InChI=1S/C16H31NO3/c1-2-3-4-5-6-7-8-9-10-11-16(20)17-12-14(18)15(19)13-17/h14-15,18-19H,2-13H2,1H3. The molecule has 1 amide bonds. The lowest BCUT2D eigenvalue weighted by atomic mass is 10.1. The molecular formula is C16H31NO3. The Kier molecular flexibility index (Phi) is 8.86. The van der Waals surface area contributed by atoms with Crippen LogP contribution >= 0.6 is 0 Å². The van der Waals surface area contributed by atoms with Crippen LogP contribution in [0.4, 0.5) is 0 Å². The maximum Gasteiger partial charge on any atom is 0.222 e. The molecule has 4 nitrogen and oxygen atoms in total. The quantitative estimate of drug-likeness (QED) is 0.606. The molecule has 2 unspecified atom stereocenters. The number of carbonyl (C=O) groups excluding carboxylic acids is 1. The number of hydrogen-bond donors (Lipinski definition) is 2. The molecule has 1 fully saturated rings. The first-order valence-corrected chi connectivity index (χ1v) is 8.29. The smallest absolute Gasteiger partial charge is 0.222 e. The Morgan fingerprint density at radius 1 is 0.900 bits per heavy atom. The minimum Gasteiger partial charge on any atom is -0.388 e. The molecule has 1 heterocycles. The van der Waals surface area contributed by atoms with Gasteiger partial charge in [-0.1, -0.05) is 58.3 Å². The summed E-state index contributed by atoms with van der Waals surface area (Å²) in [6.07, 6.45) is 10.2. The van der Waals surface area contributed by atoms with Crippen molar-refractivity contribution in [1.82, 2.24) is 4.90 Å². The fraction of sp³-hybridized carbons (Fsp3) is 0.938. The molecule has 1 rings (SSSR count). The molecule has 1 aliphatic heterocycles. The van der Waals surface area contributed by atoms with Gasteiger partial charge in [-0.3, -0.25) is 4.79 Å². The lowest BCUT2D eigenvalue weighted by Gasteiger charge is -2.14. The van der Waals surface area contributed by atoms with Crippen LogP contribution in [0.5, 0.6) is 0 Å². The molecule has 0 bridgehead atoms. The molecule has 20 heavy (non-hydrogen) atoms. The Labute approximate surface area is 123 Å². The van der Waals surface area contributed by atoms with E-state index in [1.165, 1.54) is 44.9 Å². The Morgan fingerprint density at radius 2 is 1.35 bits per heavy atom. The molecule has 1 saturated heterocycles. The second-order valence-corrected chi connectivity index (χ2v) is 6.01. The van der Waals surface area contributed by atoms with Crippen LogP contribution in [0.15, 0.2) is 0 Å². The largest absolute Gasteiger partial charge is 0.388 e. The summed E-state index contributed by atoms with van der Waals surface area (Å²) in [7, 11) is 0. The van der Waals surface area contributed by atoms with E-state index < -0.39 is 12.2 Å². The van der Waals surface area contributed by atoms with Gasteiger partial charge in [0.25, 0.3) is 0 Å². The molecule has 0 spiro atoms. The van der Waals surface area contributed by atoms with Crippen molar-refractivity contribution in [3.05, 3.63) is 0 Å². The molecule has 2 N–H and O–H groups in total. The monoisotopic (exact) mass is 285 g/mol. The Morgan fingerprint density at radius 3 is 1.85 bits per heavy atom. The molecule has 0 aliphatic carbocycles. The van der Waals surface area contributed by atoms with Crippen molar-refractivity contribution < 1.29 is 15.0 Å². The van der Waals surface area contributed by atoms with Gasteiger partial charge in [-0.25, -0.2) is 0 Å². The summed E-state index contributed by atoms with van der Waals surface area (Å²) in [4.78, 5) is 13.4. The highest BCUT2D eigenvalue weighted by Crippen LogP contribution is 2.14. The SMILES string of the molecule is CCCCCCCCCCCC(=O)N1CC(O)C(O)C1. The van der Waals surface area contributed by atoms with Crippen LogP contribution < -0.4 is 0 Å². The van der Waals surface area contributed by atoms with E-state index in [1.54, 1.807) is 4.90 Å². The van der Waals surface area contributed by atoms with Gasteiger partial charge in [0.15, 0.2) is 0 Å². The van der Waals surface area contributed by atoms with Crippen molar-refractivity contribution in [1.29, 1.82) is 0 Å². The van der Waals surface area contributed by atoms with Gasteiger partial charge < -0.3 is 15.1 Å². The van der Waals surface area contributed by atoms with Gasteiger partial charge in [-0.05, 0) is 6.42 Å². The van der Waals surface area contributed by atoms with Crippen LogP contribution in [0.2, 0.25) is 0 Å². The molecule has 0 aromatic carbocycles. The molecule has 1 aliphatic rings. The molecule has 118 valence electrons. The summed E-state index contributed by atoms with van der Waals surface area (Å²) >= 11 is 0. The first-order chi connectivity index (χ1) is 9.65. The van der Waals surface area contributed by atoms with E-state index in [0.717, 1.165) is 12.8 Å². The number of nitrogens with zero attached hydrogens (tertiary/aromatic N) is 1. The maximum absolute atomic E-state index is 11.8. The van der Waals surface area contributed by atoms with Crippen LogP contribution in [0.1, 0.15) is 71.1 Å². The lowest BCUT2D eigenvalue weighted by molar-refractivity contribution is -0.130. The molecule has 0 aromatic heterocycles. The minimum absolute atomic E-state index is 0.0727. The summed E-state index contributed by atoms with van der Waals surface area (Å²) < 4.78 is 0. The van der Waals surface area contributed by atoms with E-state index >= 15 is 0 Å². The number of β-amino-alcohol motifs (C(OH)–C–C–N with tert-alkyl or cyclic N) is 2. The van der Waals surface area contributed by atoms with E-state index in [-0.39, 0.29) is 19.0 Å². The third kappa shape index (κ3) is 6.71. The maximum atomic E-state index is 11.8. The number of rotatable bonds is 10. The average Bonchev–Trinajstić information content (AvgIpc) is 2.77. The third-order valence-corrected chi connectivity index (χ3v) is 4.11. The van der Waals surface area contributed by atoms with Crippen molar-refractivity contribution >= 4 is 5.91 Å². The molecule has 0 aromatic rings. The van der Waals surface area contributed by atoms with Gasteiger partial charge in [0.05, 0.1) is 12.2 Å². The number of hydrogen-bond acceptors (Lipinski definition) is 3. The van der Waals surface area contributed by atoms with Crippen molar-refractivity contribution in [2.24, 2.45) is 0 Å². The molecule has 2 atom stereocenters. The first-order valence-electron chi connectivity index (χ1n) is 8.29. The fourth-order valence-corrected chi connectivity index (χ4v) is 2.72. The summed E-state index contributed by atoms with van der Waals surface area (Å²) in [5, 5.41) is 18.8. The lowest BCUT2D eigenvalue weighted by Crippen LogP contribution is -2.29. The number of likely N-dealkylation sites (tertiary alicyclic amines) is 1. The number of unbranched alkanes of at least 4 members (excludes halogenated alkanes) is 8. The summed E-state index contributed by atoms with van der Waals surface area (Å²) in [5.41, 5.74) is 0. The number of aliphatic hydroxyl groups is 2. The van der Waals surface area contributed by atoms with Crippen molar-refractivity contribution in [3.8, 4) is 0 Å². The highest BCUT2D eigenvalue weighted by Gasteiger charge is 2.31. The second-order valence-electron chi connectivity index (χ2n) is 6.01. The third-order valence-electron chi connectivity index (χ3n) is 4.11. The van der Waals surface area contributed by atoms with Gasteiger partial charge in [-0.15, -0.1) is 0 Å². The van der Waals surface area contributed by atoms with Crippen LogP contribution in [-0.2, 0) is 4.79 Å². The highest BCUT2D eigenvalue weighted by atomic mass is 16.3. The zero-order valence-electron chi connectivity index (χ0n) is 12.9. The highest BCUT2D eigenvalue weighted by molar-refractivity contribution is 5.76.